The third-order valence-corrected chi connectivity index (χ3v) is 8.50. The van der Waals surface area contributed by atoms with Gasteiger partial charge in [0, 0.05) is 42.0 Å². The van der Waals surface area contributed by atoms with E-state index in [1.54, 1.807) is 33.7 Å². The first kappa shape index (κ1) is 24.7. The summed E-state index contributed by atoms with van der Waals surface area (Å²) in [5.41, 5.74) is 4.53. The van der Waals surface area contributed by atoms with Crippen LogP contribution in [0.4, 0.5) is 14.5 Å². The zero-order chi connectivity index (χ0) is 27.5. The summed E-state index contributed by atoms with van der Waals surface area (Å²) in [5, 5.41) is 13.9. The van der Waals surface area contributed by atoms with Gasteiger partial charge in [-0.3, -0.25) is 4.79 Å². The lowest BCUT2D eigenvalue weighted by Crippen LogP contribution is -2.40. The molecule has 1 saturated carbocycles. The maximum absolute atomic E-state index is 15.4. The predicted octanol–water partition coefficient (Wildman–Crippen LogP) is 5.99. The number of hydrogen-bond acceptors (Lipinski definition) is 5. The van der Waals surface area contributed by atoms with Gasteiger partial charge >= 0.3 is 0 Å². The van der Waals surface area contributed by atoms with Crippen LogP contribution in [-0.2, 0) is 0 Å². The van der Waals surface area contributed by atoms with E-state index in [1.807, 2.05) is 36.1 Å². The minimum Gasteiger partial charge on any atom is -0.370 e. The van der Waals surface area contributed by atoms with E-state index in [2.05, 4.69) is 11.1 Å². The molecule has 1 amide bonds. The minimum absolute atomic E-state index is 0.0309. The van der Waals surface area contributed by atoms with Crippen molar-refractivity contribution in [2.45, 2.75) is 44.3 Å². The standard InChI is InChI=1S/C31H28F2N6O/c1-18-22-4-2-3-5-23(22)26(33)17-38(18)31(40)28-13-29(20-6-7-20)39-30(35-28)14-27(36-39)24-9-8-21(12-25(24)32)37-11-10-19(15-34)16-37/h2-5,8-9,12-14,18-20,26H,6-7,10-11,16-17H2,1H3/t18-,19-,26-/m1/s1. The summed E-state index contributed by atoms with van der Waals surface area (Å²) in [5.74, 6) is -0.522. The van der Waals surface area contributed by atoms with Crippen LogP contribution in [0.5, 0.6) is 0 Å². The normalized spacial score (nSPS) is 22.4. The molecule has 40 heavy (non-hydrogen) atoms. The zero-order valence-corrected chi connectivity index (χ0v) is 22.1. The topological polar surface area (TPSA) is 77.5 Å². The number of alkyl halides is 1. The molecule has 2 aliphatic heterocycles. The van der Waals surface area contributed by atoms with Gasteiger partial charge in [-0.15, -0.1) is 0 Å². The molecule has 0 spiro atoms. The number of fused-ring (bicyclic) bond motifs is 2. The number of aromatic nitrogens is 3. The summed E-state index contributed by atoms with van der Waals surface area (Å²) in [7, 11) is 0. The second-order valence-electron chi connectivity index (χ2n) is 11.1. The summed E-state index contributed by atoms with van der Waals surface area (Å²) in [6.45, 7) is 3.20. The second kappa shape index (κ2) is 9.40. The maximum Gasteiger partial charge on any atom is 0.273 e. The van der Waals surface area contributed by atoms with Crippen LogP contribution in [0, 0.1) is 23.1 Å². The Labute approximate surface area is 230 Å². The third kappa shape index (κ3) is 4.10. The van der Waals surface area contributed by atoms with Crippen LogP contribution in [0.25, 0.3) is 16.9 Å². The van der Waals surface area contributed by atoms with Crippen LogP contribution in [0.3, 0.4) is 0 Å². The highest BCUT2D eigenvalue weighted by molar-refractivity contribution is 5.93. The highest BCUT2D eigenvalue weighted by atomic mass is 19.1. The van der Waals surface area contributed by atoms with Crippen LogP contribution in [0.2, 0.25) is 0 Å². The largest absolute Gasteiger partial charge is 0.370 e. The Morgan fingerprint density at radius 2 is 1.85 bits per heavy atom. The van der Waals surface area contributed by atoms with Crippen molar-refractivity contribution >= 4 is 17.2 Å². The van der Waals surface area contributed by atoms with Crippen LogP contribution in [-0.4, -0.2) is 45.0 Å². The fourth-order valence-electron chi connectivity index (χ4n) is 6.10. The lowest BCUT2D eigenvalue weighted by molar-refractivity contribution is 0.0585. The molecule has 1 aliphatic carbocycles. The van der Waals surface area contributed by atoms with E-state index in [9.17, 15) is 10.1 Å². The van der Waals surface area contributed by atoms with E-state index in [1.165, 1.54) is 6.07 Å². The van der Waals surface area contributed by atoms with Crippen molar-refractivity contribution in [3.8, 4) is 17.3 Å². The Morgan fingerprint density at radius 3 is 2.58 bits per heavy atom. The number of anilines is 1. The average molecular weight is 539 g/mol. The maximum atomic E-state index is 15.4. The fraction of sp³-hybridized carbons (Fsp3) is 0.355. The Balaban J connectivity index is 1.23. The molecule has 7 nitrogen and oxygen atoms in total. The lowest BCUT2D eigenvalue weighted by Gasteiger charge is -2.36. The van der Waals surface area contributed by atoms with Crippen LogP contribution >= 0.6 is 0 Å². The van der Waals surface area contributed by atoms with Gasteiger partial charge in [-0.05, 0) is 61.6 Å². The SMILES string of the molecule is C[C@@H]1c2ccccc2[C@H](F)CN1C(=O)c1cc(C2CC2)n2nc(-c3ccc(N4CC[C@H](C#N)C4)cc3F)cc2n1. The Kier molecular flexibility index (Phi) is 5.81. The molecule has 3 aliphatic rings. The molecule has 2 aromatic heterocycles. The molecule has 3 atom stereocenters. The van der Waals surface area contributed by atoms with Crippen molar-refractivity contribution in [1.29, 1.82) is 5.26 Å². The molecule has 4 heterocycles. The van der Waals surface area contributed by atoms with Crippen molar-refractivity contribution in [2.24, 2.45) is 5.92 Å². The molecule has 2 aromatic carbocycles. The molecule has 4 aromatic rings. The number of carbonyl (C=O) groups excluding carboxylic acids is 1. The van der Waals surface area contributed by atoms with E-state index < -0.39 is 12.0 Å². The van der Waals surface area contributed by atoms with E-state index in [0.29, 0.717) is 29.0 Å². The number of nitriles is 1. The molecule has 9 heteroatoms. The second-order valence-corrected chi connectivity index (χ2v) is 11.1. The van der Waals surface area contributed by atoms with E-state index in [4.69, 9.17) is 5.10 Å². The molecule has 202 valence electrons. The smallest absolute Gasteiger partial charge is 0.273 e. The molecular formula is C31H28F2N6O. The fourth-order valence-corrected chi connectivity index (χ4v) is 6.10. The molecule has 1 saturated heterocycles. The van der Waals surface area contributed by atoms with Gasteiger partial charge in [-0.2, -0.15) is 10.4 Å². The first-order chi connectivity index (χ1) is 19.4. The highest BCUT2D eigenvalue weighted by Gasteiger charge is 2.36. The molecular weight excluding hydrogens is 510 g/mol. The van der Waals surface area contributed by atoms with Crippen molar-refractivity contribution in [3.05, 3.63) is 82.9 Å². The van der Waals surface area contributed by atoms with E-state index in [0.717, 1.165) is 42.8 Å². The quantitative estimate of drug-likeness (QED) is 0.319. The first-order valence-electron chi connectivity index (χ1n) is 13.8. The Morgan fingerprint density at radius 1 is 1.05 bits per heavy atom. The number of amides is 1. The van der Waals surface area contributed by atoms with Gasteiger partial charge in [0.25, 0.3) is 5.91 Å². The zero-order valence-electron chi connectivity index (χ0n) is 22.1. The summed E-state index contributed by atoms with van der Waals surface area (Å²) >= 11 is 0. The molecule has 0 N–H and O–H groups in total. The van der Waals surface area contributed by atoms with E-state index >= 15 is 8.78 Å². The Hall–Kier alpha value is -4.32. The lowest BCUT2D eigenvalue weighted by atomic mass is 9.92. The molecule has 2 fully saturated rings. The molecule has 0 bridgehead atoms. The Bertz CT molecular complexity index is 1690. The first-order valence-corrected chi connectivity index (χ1v) is 13.8. The van der Waals surface area contributed by atoms with Crippen LogP contribution in [0.1, 0.15) is 71.6 Å². The number of hydrogen-bond donors (Lipinski definition) is 0. The van der Waals surface area contributed by atoms with Gasteiger partial charge < -0.3 is 9.80 Å². The number of nitrogens with zero attached hydrogens (tertiary/aromatic N) is 6. The van der Waals surface area contributed by atoms with Crippen molar-refractivity contribution in [1.82, 2.24) is 19.5 Å². The van der Waals surface area contributed by atoms with Crippen LogP contribution in [0.15, 0.2) is 54.6 Å². The van der Waals surface area contributed by atoms with Gasteiger partial charge in [0.15, 0.2) is 5.65 Å². The summed E-state index contributed by atoms with van der Waals surface area (Å²) in [6.07, 6.45) is 1.47. The van der Waals surface area contributed by atoms with Gasteiger partial charge in [-0.1, -0.05) is 24.3 Å². The predicted molar refractivity (Wildman–Crippen MR) is 146 cm³/mol. The number of benzene rings is 2. The van der Waals surface area contributed by atoms with E-state index in [-0.39, 0.29) is 36.0 Å². The van der Waals surface area contributed by atoms with Gasteiger partial charge in [0.2, 0.25) is 0 Å². The summed E-state index contributed by atoms with van der Waals surface area (Å²) in [4.78, 5) is 21.9. The number of rotatable bonds is 4. The highest BCUT2D eigenvalue weighted by Crippen LogP contribution is 2.42. The number of halogens is 2. The van der Waals surface area contributed by atoms with Gasteiger partial charge in [0.05, 0.1) is 30.3 Å². The van der Waals surface area contributed by atoms with Crippen molar-refractivity contribution in [3.63, 3.8) is 0 Å². The number of carbonyl (C=O) groups is 1. The average Bonchev–Trinajstić information content (AvgIpc) is 3.54. The third-order valence-electron chi connectivity index (χ3n) is 8.50. The molecule has 0 radical (unpaired) electrons. The van der Waals surface area contributed by atoms with Gasteiger partial charge in [-0.25, -0.2) is 18.3 Å². The molecule has 7 rings (SSSR count). The minimum atomic E-state index is -1.26. The van der Waals surface area contributed by atoms with Crippen molar-refractivity contribution in [2.75, 3.05) is 24.5 Å². The summed E-state index contributed by atoms with van der Waals surface area (Å²) < 4.78 is 32.1. The van der Waals surface area contributed by atoms with Crippen LogP contribution < -0.4 is 4.90 Å². The van der Waals surface area contributed by atoms with Gasteiger partial charge in [0.1, 0.15) is 17.7 Å². The monoisotopic (exact) mass is 538 g/mol. The molecule has 0 unspecified atom stereocenters. The summed E-state index contributed by atoms with van der Waals surface area (Å²) in [6, 6.07) is 17.9. The van der Waals surface area contributed by atoms with Crippen molar-refractivity contribution < 1.29 is 13.6 Å².